The number of benzene rings is 9. The summed E-state index contributed by atoms with van der Waals surface area (Å²) in [7, 11) is 0. The quantitative estimate of drug-likeness (QED) is 0.174. The van der Waals surface area contributed by atoms with Crippen LogP contribution in [-0.2, 0) is 0 Å². The summed E-state index contributed by atoms with van der Waals surface area (Å²) in [6.07, 6.45) is 0. The van der Waals surface area contributed by atoms with E-state index in [1.807, 2.05) is 0 Å². The summed E-state index contributed by atoms with van der Waals surface area (Å²) in [5.41, 5.74) is 8.92. The molecule has 3 aromatic heterocycles. The van der Waals surface area contributed by atoms with E-state index >= 15 is 0 Å². The predicted molar refractivity (Wildman–Crippen MR) is 225 cm³/mol. The van der Waals surface area contributed by atoms with Crippen LogP contribution in [0.3, 0.4) is 0 Å². The third-order valence-corrected chi connectivity index (χ3v) is 11.2. The molecule has 250 valence electrons. The number of rotatable bonds is 3. The van der Waals surface area contributed by atoms with E-state index in [1.165, 1.54) is 26.9 Å². The Kier molecular flexibility index (Phi) is 6.02. The molecule has 12 aromatic rings. The summed E-state index contributed by atoms with van der Waals surface area (Å²) in [5.74, 6) is 0.636. The second kappa shape index (κ2) is 11.1. The van der Waals surface area contributed by atoms with Gasteiger partial charge in [0.05, 0.1) is 22.2 Å². The van der Waals surface area contributed by atoms with Gasteiger partial charge in [-0.05, 0) is 62.8 Å². The minimum atomic E-state index is 0.636. The topological polar surface area (TPSA) is 43.9 Å². The van der Waals surface area contributed by atoms with E-state index < -0.39 is 0 Å². The van der Waals surface area contributed by atoms with E-state index in [9.17, 15) is 0 Å². The fourth-order valence-electron chi connectivity index (χ4n) is 8.76. The minimum absolute atomic E-state index is 0.636. The Balaban J connectivity index is 1.21. The van der Waals surface area contributed by atoms with Gasteiger partial charge < -0.3 is 4.42 Å². The van der Waals surface area contributed by atoms with Gasteiger partial charge in [-0.25, -0.2) is 9.97 Å². The largest absolute Gasteiger partial charge is 0.456 e. The van der Waals surface area contributed by atoms with Gasteiger partial charge in [-0.15, -0.1) is 0 Å². The Labute approximate surface area is 309 Å². The van der Waals surface area contributed by atoms with Gasteiger partial charge in [0.15, 0.2) is 0 Å². The van der Waals surface area contributed by atoms with Crippen LogP contribution in [0.2, 0.25) is 0 Å². The maximum absolute atomic E-state index is 6.59. The lowest BCUT2D eigenvalue weighted by molar-refractivity contribution is 0.669. The molecule has 3 heterocycles. The van der Waals surface area contributed by atoms with E-state index in [4.69, 9.17) is 14.4 Å². The number of hydrogen-bond acceptors (Lipinski definition) is 3. The molecule has 0 saturated heterocycles. The zero-order valence-electron chi connectivity index (χ0n) is 29.0. The van der Waals surface area contributed by atoms with E-state index in [0.717, 1.165) is 82.4 Å². The normalized spacial score (nSPS) is 12.1. The van der Waals surface area contributed by atoms with Crippen molar-refractivity contribution < 1.29 is 4.42 Å². The second-order valence-corrected chi connectivity index (χ2v) is 14.1. The second-order valence-electron chi connectivity index (χ2n) is 14.1. The van der Waals surface area contributed by atoms with Crippen molar-refractivity contribution in [2.75, 3.05) is 0 Å². The molecular formula is C50H29N3O. The van der Waals surface area contributed by atoms with Gasteiger partial charge in [-0.3, -0.25) is 4.57 Å². The number of nitrogens with zero attached hydrogens (tertiary/aromatic N) is 3. The molecule has 0 aliphatic rings. The minimum Gasteiger partial charge on any atom is -0.456 e. The van der Waals surface area contributed by atoms with Crippen molar-refractivity contribution in [3.8, 4) is 28.3 Å². The highest BCUT2D eigenvalue weighted by atomic mass is 16.3. The first kappa shape index (κ1) is 29.3. The van der Waals surface area contributed by atoms with Crippen molar-refractivity contribution in [3.63, 3.8) is 0 Å². The predicted octanol–water partition coefficient (Wildman–Crippen LogP) is 13.4. The third kappa shape index (κ3) is 4.13. The third-order valence-electron chi connectivity index (χ3n) is 11.2. The Morgan fingerprint density at radius 2 is 1.06 bits per heavy atom. The van der Waals surface area contributed by atoms with Crippen LogP contribution in [-0.4, -0.2) is 14.5 Å². The highest BCUT2D eigenvalue weighted by Gasteiger charge is 2.22. The summed E-state index contributed by atoms with van der Waals surface area (Å²) in [4.78, 5) is 11.0. The molecule has 4 nitrogen and oxygen atoms in total. The van der Waals surface area contributed by atoms with Crippen molar-refractivity contribution in [1.82, 2.24) is 14.5 Å². The van der Waals surface area contributed by atoms with Crippen molar-refractivity contribution in [2.45, 2.75) is 0 Å². The van der Waals surface area contributed by atoms with Crippen LogP contribution in [0.4, 0.5) is 0 Å². The highest BCUT2D eigenvalue weighted by Crippen LogP contribution is 2.43. The molecule has 54 heavy (non-hydrogen) atoms. The SMILES string of the molecule is c1ccc(-c2nc(-n3c4ccc5ccccc5c4c4cccc(-c5ccc6c(c5)oc5ccc7ccccc7c56)c43)nc3c2ccc2ccccc23)cc1. The standard InChI is InChI=1S/C50H29N3O/c1-2-14-33(15-3-1)47-41-26-21-32-13-6-9-18-37(32)48(41)52-50(51-47)53-42-27-23-30-11-4-7-16-35(30)45(42)40-20-10-19-38(49(40)53)34-22-25-39-44(29-34)54-43-28-24-31-12-5-8-17-36(31)46(39)43/h1-29H. The average molecular weight is 688 g/mol. The van der Waals surface area contributed by atoms with Crippen LogP contribution >= 0.6 is 0 Å². The Morgan fingerprint density at radius 1 is 0.407 bits per heavy atom. The summed E-state index contributed by atoms with van der Waals surface area (Å²) in [6.45, 7) is 0. The first-order valence-electron chi connectivity index (χ1n) is 18.3. The van der Waals surface area contributed by atoms with Crippen LogP contribution in [0, 0.1) is 0 Å². The van der Waals surface area contributed by atoms with E-state index in [1.54, 1.807) is 0 Å². The lowest BCUT2D eigenvalue weighted by Crippen LogP contribution is -2.04. The molecule has 0 radical (unpaired) electrons. The summed E-state index contributed by atoms with van der Waals surface area (Å²) < 4.78 is 8.88. The van der Waals surface area contributed by atoms with Gasteiger partial charge in [0, 0.05) is 43.4 Å². The number of fused-ring (bicyclic) bond motifs is 13. The highest BCUT2D eigenvalue weighted by molar-refractivity contribution is 6.24. The van der Waals surface area contributed by atoms with Crippen LogP contribution < -0.4 is 0 Å². The van der Waals surface area contributed by atoms with Crippen molar-refractivity contribution in [1.29, 1.82) is 0 Å². The van der Waals surface area contributed by atoms with Gasteiger partial charge in [-0.1, -0.05) is 146 Å². The molecule has 0 spiro atoms. The lowest BCUT2D eigenvalue weighted by Gasteiger charge is -2.14. The Hall–Kier alpha value is -7.30. The summed E-state index contributed by atoms with van der Waals surface area (Å²) in [6, 6.07) is 62.4. The first-order valence-corrected chi connectivity index (χ1v) is 18.3. The summed E-state index contributed by atoms with van der Waals surface area (Å²) >= 11 is 0. The molecule has 0 fully saturated rings. The number of aromatic nitrogens is 3. The molecule has 0 N–H and O–H groups in total. The molecule has 0 saturated carbocycles. The van der Waals surface area contributed by atoms with Crippen LogP contribution in [0.15, 0.2) is 180 Å². The fourth-order valence-corrected chi connectivity index (χ4v) is 8.76. The van der Waals surface area contributed by atoms with Gasteiger partial charge in [-0.2, -0.15) is 0 Å². The van der Waals surface area contributed by atoms with Gasteiger partial charge >= 0.3 is 0 Å². The number of furan rings is 1. The molecule has 0 aliphatic carbocycles. The van der Waals surface area contributed by atoms with Gasteiger partial charge in [0.1, 0.15) is 11.2 Å². The fraction of sp³-hybridized carbons (Fsp3) is 0. The van der Waals surface area contributed by atoms with Crippen LogP contribution in [0.25, 0.3) is 115 Å². The monoisotopic (exact) mass is 687 g/mol. The molecule has 0 bridgehead atoms. The smallest absolute Gasteiger partial charge is 0.235 e. The molecule has 9 aromatic carbocycles. The Bertz CT molecular complexity index is 3500. The van der Waals surface area contributed by atoms with E-state index in [-0.39, 0.29) is 0 Å². The van der Waals surface area contributed by atoms with Crippen LogP contribution in [0.1, 0.15) is 0 Å². The molecule has 12 rings (SSSR count). The molecule has 0 unspecified atom stereocenters. The summed E-state index contributed by atoms with van der Waals surface area (Å²) in [5, 5.41) is 12.7. The molecule has 0 aliphatic heterocycles. The van der Waals surface area contributed by atoms with Gasteiger partial charge in [0.2, 0.25) is 5.95 Å². The number of hydrogen-bond donors (Lipinski definition) is 0. The molecular weight excluding hydrogens is 659 g/mol. The van der Waals surface area contributed by atoms with Crippen LogP contribution in [0.5, 0.6) is 0 Å². The lowest BCUT2D eigenvalue weighted by atomic mass is 9.98. The number of para-hydroxylation sites is 1. The van der Waals surface area contributed by atoms with E-state index in [0.29, 0.717) is 5.95 Å². The van der Waals surface area contributed by atoms with Crippen molar-refractivity contribution in [3.05, 3.63) is 176 Å². The van der Waals surface area contributed by atoms with Crippen molar-refractivity contribution >= 4 is 87.0 Å². The van der Waals surface area contributed by atoms with E-state index in [2.05, 4.69) is 180 Å². The first-order chi connectivity index (χ1) is 26.8. The molecule has 0 atom stereocenters. The molecule has 4 heteroatoms. The Morgan fingerprint density at radius 3 is 1.87 bits per heavy atom. The maximum atomic E-state index is 6.59. The average Bonchev–Trinajstić information content (AvgIpc) is 3.79. The molecule has 0 amide bonds. The zero-order valence-corrected chi connectivity index (χ0v) is 29.0. The van der Waals surface area contributed by atoms with Gasteiger partial charge in [0.25, 0.3) is 0 Å². The van der Waals surface area contributed by atoms with Crippen molar-refractivity contribution in [2.24, 2.45) is 0 Å². The zero-order chi connectivity index (χ0) is 35.3. The maximum Gasteiger partial charge on any atom is 0.235 e.